The third kappa shape index (κ3) is 4.47. The molecule has 0 aliphatic carbocycles. The van der Waals surface area contributed by atoms with Crippen molar-refractivity contribution >= 4 is 10.0 Å². The highest BCUT2D eigenvalue weighted by Crippen LogP contribution is 2.16. The van der Waals surface area contributed by atoms with Crippen LogP contribution in [-0.2, 0) is 16.4 Å². The number of H-pyrrole nitrogens is 1. The molecule has 0 amide bonds. The van der Waals surface area contributed by atoms with Gasteiger partial charge >= 0.3 is 0 Å². The number of rotatable bonds is 7. The fourth-order valence-corrected chi connectivity index (χ4v) is 3.41. The number of benzene rings is 1. The minimum Gasteiger partial charge on any atom is -0.348 e. The maximum Gasteiger partial charge on any atom is 0.212 e. The molecule has 20 heavy (non-hydrogen) atoms. The third-order valence-corrected chi connectivity index (χ3v) is 4.69. The first-order valence-electron chi connectivity index (χ1n) is 6.56. The first-order chi connectivity index (χ1) is 9.57. The summed E-state index contributed by atoms with van der Waals surface area (Å²) in [6, 6.07) is 9.66. The minimum atomic E-state index is -3.27. The molecule has 108 valence electrons. The summed E-state index contributed by atoms with van der Waals surface area (Å²) in [4.78, 5) is 6.84. The zero-order chi connectivity index (χ0) is 14.4. The second-order valence-corrected chi connectivity index (χ2v) is 6.67. The summed E-state index contributed by atoms with van der Waals surface area (Å²) < 4.78 is 26.6. The van der Waals surface area contributed by atoms with Gasteiger partial charge in [0.05, 0.1) is 12.1 Å². The van der Waals surface area contributed by atoms with Crippen LogP contribution in [0.1, 0.15) is 24.1 Å². The molecule has 0 aliphatic rings. The Hall–Kier alpha value is -1.66. The number of nitrogens with zero attached hydrogens (tertiary/aromatic N) is 1. The molecule has 0 saturated heterocycles. The standard InChI is InChI=1S/C14H19N3O2S/c1-12(13-5-3-2-4-6-13)10-20(18,19)17-8-7-14-9-15-11-16-14/h2-6,9,11-12,17H,7-8,10H2,1H3,(H,15,16). The van der Waals surface area contributed by atoms with Crippen LogP contribution < -0.4 is 4.72 Å². The lowest BCUT2D eigenvalue weighted by molar-refractivity contribution is 0.576. The van der Waals surface area contributed by atoms with Gasteiger partial charge in [0.2, 0.25) is 10.0 Å². The lowest BCUT2D eigenvalue weighted by Crippen LogP contribution is -2.30. The second kappa shape index (κ2) is 6.67. The van der Waals surface area contributed by atoms with Crippen LogP contribution in [0.3, 0.4) is 0 Å². The molecule has 0 saturated carbocycles. The molecule has 5 nitrogen and oxygen atoms in total. The van der Waals surface area contributed by atoms with Crippen LogP contribution in [-0.4, -0.2) is 30.7 Å². The van der Waals surface area contributed by atoms with Crippen molar-refractivity contribution in [1.82, 2.24) is 14.7 Å². The van der Waals surface area contributed by atoms with Crippen molar-refractivity contribution in [3.05, 3.63) is 54.1 Å². The number of imidazole rings is 1. The number of hydrogen-bond acceptors (Lipinski definition) is 3. The Labute approximate surface area is 119 Å². The lowest BCUT2D eigenvalue weighted by Gasteiger charge is -2.13. The predicted octanol–water partition coefficient (Wildman–Crippen LogP) is 1.68. The Morgan fingerprint density at radius 2 is 2.05 bits per heavy atom. The summed E-state index contributed by atoms with van der Waals surface area (Å²) >= 11 is 0. The van der Waals surface area contributed by atoms with Gasteiger partial charge in [0, 0.05) is 24.9 Å². The van der Waals surface area contributed by atoms with Gasteiger partial charge in [0.15, 0.2) is 0 Å². The molecule has 6 heteroatoms. The van der Waals surface area contributed by atoms with Gasteiger partial charge in [-0.1, -0.05) is 37.3 Å². The van der Waals surface area contributed by atoms with Gasteiger partial charge in [-0.15, -0.1) is 0 Å². The van der Waals surface area contributed by atoms with Crippen molar-refractivity contribution in [3.63, 3.8) is 0 Å². The van der Waals surface area contributed by atoms with E-state index in [2.05, 4.69) is 14.7 Å². The van der Waals surface area contributed by atoms with Crippen molar-refractivity contribution < 1.29 is 8.42 Å². The average Bonchev–Trinajstić information content (AvgIpc) is 2.92. The zero-order valence-electron chi connectivity index (χ0n) is 11.4. The quantitative estimate of drug-likeness (QED) is 0.815. The summed E-state index contributed by atoms with van der Waals surface area (Å²) in [5.41, 5.74) is 1.95. The van der Waals surface area contributed by atoms with Crippen molar-refractivity contribution in [3.8, 4) is 0 Å². The molecular formula is C14H19N3O2S. The van der Waals surface area contributed by atoms with Crippen LogP contribution in [0.4, 0.5) is 0 Å². The van der Waals surface area contributed by atoms with Gasteiger partial charge in [-0.25, -0.2) is 18.1 Å². The van der Waals surface area contributed by atoms with E-state index in [4.69, 9.17) is 0 Å². The Morgan fingerprint density at radius 1 is 1.30 bits per heavy atom. The van der Waals surface area contributed by atoms with Crippen molar-refractivity contribution in [2.75, 3.05) is 12.3 Å². The van der Waals surface area contributed by atoms with Crippen molar-refractivity contribution in [2.24, 2.45) is 0 Å². The monoisotopic (exact) mass is 293 g/mol. The molecule has 1 unspecified atom stereocenters. The van der Waals surface area contributed by atoms with E-state index in [1.54, 1.807) is 12.5 Å². The summed E-state index contributed by atoms with van der Waals surface area (Å²) in [6.45, 7) is 2.30. The van der Waals surface area contributed by atoms with E-state index in [1.165, 1.54) is 0 Å². The molecule has 2 N–H and O–H groups in total. The van der Waals surface area contributed by atoms with Crippen molar-refractivity contribution in [1.29, 1.82) is 0 Å². The summed E-state index contributed by atoms with van der Waals surface area (Å²) in [5.74, 6) is 0.0702. The Morgan fingerprint density at radius 3 is 2.70 bits per heavy atom. The van der Waals surface area contributed by atoms with E-state index in [9.17, 15) is 8.42 Å². The molecule has 0 fully saturated rings. The Bertz CT molecular complexity index is 609. The van der Waals surface area contributed by atoms with Crippen LogP contribution >= 0.6 is 0 Å². The SMILES string of the molecule is CC(CS(=O)(=O)NCCc1cnc[nH]1)c1ccccc1. The van der Waals surface area contributed by atoms with Gasteiger partial charge in [0.1, 0.15) is 0 Å². The van der Waals surface area contributed by atoms with Crippen LogP contribution in [0.25, 0.3) is 0 Å². The molecule has 2 aromatic rings. The molecule has 0 aliphatic heterocycles. The first kappa shape index (κ1) is 14.7. The molecule has 0 radical (unpaired) electrons. The molecule has 1 aromatic carbocycles. The first-order valence-corrected chi connectivity index (χ1v) is 8.21. The van der Waals surface area contributed by atoms with Gasteiger partial charge in [-0.3, -0.25) is 0 Å². The molecule has 1 atom stereocenters. The largest absolute Gasteiger partial charge is 0.348 e. The second-order valence-electron chi connectivity index (χ2n) is 4.81. The Balaban J connectivity index is 1.84. The van der Waals surface area contributed by atoms with E-state index in [0.717, 1.165) is 11.3 Å². The predicted molar refractivity (Wildman–Crippen MR) is 78.9 cm³/mol. The van der Waals surface area contributed by atoms with E-state index in [1.807, 2.05) is 37.3 Å². The number of aromatic nitrogens is 2. The number of sulfonamides is 1. The van der Waals surface area contributed by atoms with E-state index in [0.29, 0.717) is 13.0 Å². The molecule has 2 rings (SSSR count). The smallest absolute Gasteiger partial charge is 0.212 e. The molecule has 1 aromatic heterocycles. The highest BCUT2D eigenvalue weighted by atomic mass is 32.2. The maximum absolute atomic E-state index is 12.0. The van der Waals surface area contributed by atoms with Crippen LogP contribution in [0, 0.1) is 0 Å². The number of nitrogens with one attached hydrogen (secondary N) is 2. The highest BCUT2D eigenvalue weighted by molar-refractivity contribution is 7.89. The summed E-state index contributed by atoms with van der Waals surface area (Å²) in [6.07, 6.45) is 3.89. The van der Waals surface area contributed by atoms with E-state index < -0.39 is 10.0 Å². The normalized spacial score (nSPS) is 13.2. The fraction of sp³-hybridized carbons (Fsp3) is 0.357. The lowest BCUT2D eigenvalue weighted by atomic mass is 10.0. The molecule has 1 heterocycles. The van der Waals surface area contributed by atoms with Gasteiger partial charge in [-0.2, -0.15) is 0 Å². The summed E-state index contributed by atoms with van der Waals surface area (Å²) in [7, 11) is -3.27. The molecule has 0 bridgehead atoms. The fourth-order valence-electron chi connectivity index (χ4n) is 2.03. The summed E-state index contributed by atoms with van der Waals surface area (Å²) in [5, 5.41) is 0. The minimum absolute atomic E-state index is 0.0270. The van der Waals surface area contributed by atoms with Crippen LogP contribution in [0.5, 0.6) is 0 Å². The van der Waals surface area contributed by atoms with Crippen LogP contribution in [0.15, 0.2) is 42.9 Å². The highest BCUT2D eigenvalue weighted by Gasteiger charge is 2.16. The van der Waals surface area contributed by atoms with Gasteiger partial charge in [0.25, 0.3) is 0 Å². The molecule has 0 spiro atoms. The van der Waals surface area contributed by atoms with Gasteiger partial charge in [-0.05, 0) is 11.5 Å². The van der Waals surface area contributed by atoms with E-state index in [-0.39, 0.29) is 11.7 Å². The Kier molecular flexibility index (Phi) is 4.92. The topological polar surface area (TPSA) is 74.8 Å². The zero-order valence-corrected chi connectivity index (χ0v) is 12.2. The number of hydrogen-bond donors (Lipinski definition) is 2. The van der Waals surface area contributed by atoms with Crippen LogP contribution in [0.2, 0.25) is 0 Å². The maximum atomic E-state index is 12.0. The van der Waals surface area contributed by atoms with Crippen molar-refractivity contribution in [2.45, 2.75) is 19.3 Å². The average molecular weight is 293 g/mol. The third-order valence-electron chi connectivity index (χ3n) is 3.11. The number of aromatic amines is 1. The van der Waals surface area contributed by atoms with Gasteiger partial charge < -0.3 is 4.98 Å². The van der Waals surface area contributed by atoms with E-state index >= 15 is 0 Å². The molecular weight excluding hydrogens is 274 g/mol.